The Kier molecular flexibility index (Phi) is 3.27. The Bertz CT molecular complexity index is 863. The minimum absolute atomic E-state index is 0.595. The molecule has 0 amide bonds. The lowest BCUT2D eigenvalue weighted by Crippen LogP contribution is -2.36. The highest BCUT2D eigenvalue weighted by Gasteiger charge is 2.24. The van der Waals surface area contributed by atoms with E-state index in [2.05, 4.69) is 57.6 Å². The van der Waals surface area contributed by atoms with E-state index in [4.69, 9.17) is 16.3 Å². The standard InChI is InChI=1S/C17H12ClINO/c18-14-8-15(19)17-16-13(14)6-3-7-20(16)9-11-4-1-2-5-12(11)10-21-17/h1-8H,9-10H2/q+1. The maximum absolute atomic E-state index is 6.41. The van der Waals surface area contributed by atoms with Crippen LogP contribution in [0.15, 0.2) is 48.7 Å². The number of ether oxygens (including phenoxy) is 1. The minimum Gasteiger partial charge on any atom is -0.481 e. The number of rotatable bonds is 0. The molecule has 104 valence electrons. The van der Waals surface area contributed by atoms with Gasteiger partial charge in [-0.3, -0.25) is 0 Å². The van der Waals surface area contributed by atoms with Crippen LogP contribution in [0.2, 0.25) is 5.02 Å². The number of fused-ring (bicyclic) bond motifs is 1. The first kappa shape index (κ1) is 13.3. The van der Waals surface area contributed by atoms with Crippen molar-refractivity contribution in [1.82, 2.24) is 0 Å². The third-order valence-corrected chi connectivity index (χ3v) is 4.96. The molecule has 0 unspecified atom stereocenters. The molecule has 0 aliphatic carbocycles. The van der Waals surface area contributed by atoms with Gasteiger partial charge < -0.3 is 4.74 Å². The highest BCUT2D eigenvalue weighted by atomic mass is 127. The highest BCUT2D eigenvalue weighted by molar-refractivity contribution is 14.1. The van der Waals surface area contributed by atoms with Gasteiger partial charge in [0, 0.05) is 11.6 Å². The average Bonchev–Trinajstić information content (AvgIpc) is 2.46. The van der Waals surface area contributed by atoms with Crippen LogP contribution in [-0.2, 0) is 13.2 Å². The fraction of sp³-hybridized carbons (Fsp3) is 0.118. The van der Waals surface area contributed by atoms with Crippen molar-refractivity contribution in [1.29, 1.82) is 0 Å². The summed E-state index contributed by atoms with van der Waals surface area (Å²) in [7, 11) is 0. The number of hydrogen-bond donors (Lipinski definition) is 0. The van der Waals surface area contributed by atoms with Crippen LogP contribution in [0, 0.1) is 3.57 Å². The normalized spacial score (nSPS) is 13.2. The van der Waals surface area contributed by atoms with E-state index >= 15 is 0 Å². The van der Waals surface area contributed by atoms with E-state index in [-0.39, 0.29) is 0 Å². The summed E-state index contributed by atoms with van der Waals surface area (Å²) >= 11 is 8.70. The van der Waals surface area contributed by atoms with Crippen molar-refractivity contribution < 1.29 is 9.30 Å². The second-order valence-electron chi connectivity index (χ2n) is 5.13. The topological polar surface area (TPSA) is 13.1 Å². The van der Waals surface area contributed by atoms with Gasteiger partial charge in [-0.1, -0.05) is 35.9 Å². The predicted octanol–water partition coefficient (Wildman–Crippen LogP) is 4.33. The molecule has 4 heteroatoms. The Balaban J connectivity index is 2.06. The molecule has 1 aliphatic rings. The van der Waals surface area contributed by atoms with Crippen molar-refractivity contribution in [2.45, 2.75) is 13.2 Å². The van der Waals surface area contributed by atoms with Crippen LogP contribution in [0.4, 0.5) is 0 Å². The minimum atomic E-state index is 0.595. The summed E-state index contributed by atoms with van der Waals surface area (Å²) in [6.45, 7) is 1.43. The van der Waals surface area contributed by atoms with Gasteiger partial charge in [-0.25, -0.2) is 0 Å². The van der Waals surface area contributed by atoms with Crippen molar-refractivity contribution in [2.24, 2.45) is 0 Å². The Labute approximate surface area is 141 Å². The number of hydrogen-bond acceptors (Lipinski definition) is 1. The third kappa shape index (κ3) is 2.19. The molecular formula is C17H12ClINO+. The summed E-state index contributed by atoms with van der Waals surface area (Å²) in [5, 5.41) is 1.80. The third-order valence-electron chi connectivity index (χ3n) is 3.85. The summed E-state index contributed by atoms with van der Waals surface area (Å²) in [6, 6.07) is 14.5. The van der Waals surface area contributed by atoms with Crippen molar-refractivity contribution >= 4 is 45.1 Å². The number of pyridine rings is 1. The van der Waals surface area contributed by atoms with Gasteiger partial charge >= 0.3 is 0 Å². The van der Waals surface area contributed by atoms with Gasteiger partial charge in [0.05, 0.1) is 14.0 Å². The first-order chi connectivity index (χ1) is 10.2. The van der Waals surface area contributed by atoms with E-state index in [1.165, 1.54) is 11.1 Å². The number of halogens is 2. The molecule has 1 aromatic heterocycles. The number of benzene rings is 2. The largest absolute Gasteiger partial charge is 0.481 e. The van der Waals surface area contributed by atoms with Crippen molar-refractivity contribution in [3.8, 4) is 5.75 Å². The van der Waals surface area contributed by atoms with E-state index in [1.54, 1.807) is 0 Å². The summed E-state index contributed by atoms with van der Waals surface area (Å²) in [4.78, 5) is 0. The van der Waals surface area contributed by atoms with Crippen molar-refractivity contribution in [3.05, 3.63) is 68.4 Å². The van der Waals surface area contributed by atoms with E-state index in [0.717, 1.165) is 31.8 Å². The van der Waals surface area contributed by atoms with Crippen LogP contribution in [0.3, 0.4) is 0 Å². The molecule has 2 heterocycles. The summed E-state index contributed by atoms with van der Waals surface area (Å²) in [5.41, 5.74) is 3.60. The molecule has 0 spiro atoms. The van der Waals surface area contributed by atoms with Gasteiger partial charge in [0.2, 0.25) is 5.75 Å². The second-order valence-corrected chi connectivity index (χ2v) is 6.69. The molecule has 0 atom stereocenters. The average molecular weight is 409 g/mol. The van der Waals surface area contributed by atoms with Crippen molar-refractivity contribution in [2.75, 3.05) is 0 Å². The molecule has 0 bridgehead atoms. The highest BCUT2D eigenvalue weighted by Crippen LogP contribution is 2.35. The summed E-state index contributed by atoms with van der Waals surface area (Å²) in [5.74, 6) is 0.921. The first-order valence-electron chi connectivity index (χ1n) is 6.74. The van der Waals surface area contributed by atoms with Gasteiger partial charge in [-0.05, 0) is 40.3 Å². The number of nitrogens with zero attached hydrogens (tertiary/aromatic N) is 1. The molecule has 3 aromatic rings. The van der Waals surface area contributed by atoms with Gasteiger partial charge in [-0.15, -0.1) is 0 Å². The molecule has 0 N–H and O–H groups in total. The smallest absolute Gasteiger partial charge is 0.257 e. The van der Waals surface area contributed by atoms with Crippen molar-refractivity contribution in [3.63, 3.8) is 0 Å². The van der Waals surface area contributed by atoms with Gasteiger partial charge in [-0.2, -0.15) is 4.57 Å². The molecule has 1 aliphatic heterocycles. The maximum Gasteiger partial charge on any atom is 0.257 e. The molecular weight excluding hydrogens is 397 g/mol. The molecule has 4 rings (SSSR count). The molecule has 2 aromatic carbocycles. The quantitative estimate of drug-likeness (QED) is 0.399. The molecule has 0 saturated heterocycles. The second kappa shape index (κ2) is 5.14. The van der Waals surface area contributed by atoms with Crippen LogP contribution in [0.5, 0.6) is 5.75 Å². The lowest BCUT2D eigenvalue weighted by atomic mass is 10.1. The molecule has 0 saturated carbocycles. The Hall–Kier alpha value is -1.33. The van der Waals surface area contributed by atoms with Crippen LogP contribution < -0.4 is 9.30 Å². The Morgan fingerprint density at radius 2 is 1.90 bits per heavy atom. The van der Waals surface area contributed by atoms with Gasteiger partial charge in [0.15, 0.2) is 12.7 Å². The Morgan fingerprint density at radius 1 is 1.10 bits per heavy atom. The zero-order valence-corrected chi connectivity index (χ0v) is 14.1. The fourth-order valence-corrected chi connectivity index (χ4v) is 3.99. The fourth-order valence-electron chi connectivity index (χ4n) is 2.82. The van der Waals surface area contributed by atoms with Crippen LogP contribution in [0.25, 0.3) is 10.9 Å². The maximum atomic E-state index is 6.41. The van der Waals surface area contributed by atoms with Gasteiger partial charge in [0.1, 0.15) is 6.61 Å². The summed E-state index contributed by atoms with van der Waals surface area (Å²) in [6.07, 6.45) is 2.09. The predicted molar refractivity (Wildman–Crippen MR) is 91.7 cm³/mol. The Morgan fingerprint density at radius 3 is 2.76 bits per heavy atom. The van der Waals surface area contributed by atoms with Gasteiger partial charge in [0.25, 0.3) is 5.52 Å². The molecule has 0 fully saturated rings. The molecule has 21 heavy (non-hydrogen) atoms. The summed E-state index contributed by atoms with van der Waals surface area (Å²) < 4.78 is 9.39. The monoisotopic (exact) mass is 408 g/mol. The van der Waals surface area contributed by atoms with Crippen LogP contribution in [-0.4, -0.2) is 0 Å². The molecule has 0 radical (unpaired) electrons. The van der Waals surface area contributed by atoms with E-state index in [9.17, 15) is 0 Å². The SMILES string of the molecule is Clc1cc(I)c2c3c1ccc[n+]3Cc1ccccc1CO2. The zero-order valence-electron chi connectivity index (χ0n) is 11.1. The first-order valence-corrected chi connectivity index (χ1v) is 8.19. The van der Waals surface area contributed by atoms with E-state index in [0.29, 0.717) is 6.61 Å². The number of aromatic nitrogens is 1. The van der Waals surface area contributed by atoms with Crippen LogP contribution >= 0.6 is 34.2 Å². The van der Waals surface area contributed by atoms with E-state index < -0.39 is 0 Å². The lowest BCUT2D eigenvalue weighted by molar-refractivity contribution is -0.663. The lowest BCUT2D eigenvalue weighted by Gasteiger charge is -2.16. The van der Waals surface area contributed by atoms with E-state index in [1.807, 2.05) is 18.2 Å². The molecule has 2 nitrogen and oxygen atoms in total. The zero-order chi connectivity index (χ0) is 14.4. The van der Waals surface area contributed by atoms with Crippen LogP contribution in [0.1, 0.15) is 11.1 Å².